The lowest BCUT2D eigenvalue weighted by atomic mass is 9.49. The first-order valence-electron chi connectivity index (χ1n) is 17.6. The number of hydrazine groups is 1. The maximum Gasteiger partial charge on any atom is 0.417 e. The Bertz CT molecular complexity index is 2310. The Labute approximate surface area is 341 Å². The van der Waals surface area contributed by atoms with Gasteiger partial charge in [0.2, 0.25) is 11.8 Å². The summed E-state index contributed by atoms with van der Waals surface area (Å²) in [6, 6.07) is 21.0. The Kier molecular flexibility index (Phi) is 9.90. The van der Waals surface area contributed by atoms with E-state index >= 15 is 4.79 Å². The van der Waals surface area contributed by atoms with Crippen molar-refractivity contribution in [3.63, 3.8) is 0 Å². The highest BCUT2D eigenvalue weighted by molar-refractivity contribution is 14.1. The monoisotopic (exact) mass is 916 g/mol. The summed E-state index contributed by atoms with van der Waals surface area (Å²) in [5, 5.41) is 10.3. The number of rotatable bonds is 8. The maximum atomic E-state index is 15.4. The average Bonchev–Trinajstić information content (AvgIpc) is 3.55. The number of hydrogen-bond donors (Lipinski definition) is 2. The number of pyridine rings is 1. The van der Waals surface area contributed by atoms with Gasteiger partial charge in [-0.25, -0.2) is 4.98 Å². The van der Waals surface area contributed by atoms with Gasteiger partial charge in [-0.2, -0.15) is 18.2 Å². The molecule has 8 rings (SSSR count). The third kappa shape index (κ3) is 6.07. The first-order valence-corrected chi connectivity index (χ1v) is 19.4. The van der Waals surface area contributed by atoms with Crippen LogP contribution in [0, 0.1) is 27.2 Å². The number of carbonyl (C=O) groups is 4. The van der Waals surface area contributed by atoms with Crippen molar-refractivity contribution in [1.29, 1.82) is 0 Å². The number of nitrogens with zero attached hydrogens (tertiary/aromatic N) is 3. The van der Waals surface area contributed by atoms with E-state index in [0.717, 1.165) is 8.58 Å². The zero-order valence-electron chi connectivity index (χ0n) is 29.0. The van der Waals surface area contributed by atoms with Gasteiger partial charge in [0, 0.05) is 26.3 Å². The molecular weight excluding hydrogens is 887 g/mol. The van der Waals surface area contributed by atoms with Crippen molar-refractivity contribution in [2.75, 3.05) is 23.5 Å². The van der Waals surface area contributed by atoms with Gasteiger partial charge in [0.05, 0.1) is 46.0 Å². The molecule has 16 heteroatoms. The molecule has 1 saturated carbocycles. The standard InChI is InChI=1S/C40H30Cl2F3IN4O6/c41-22-7-5-20(6-8-22)39-29(36(53)50(38(39)55)48-34-30(42)17-21(19-47-34)40(43,44)45)18-28-25(33(39)26-3-1-2-4-31(26)56-16-15-51)13-14-27-32(28)37(54)49(35(27)52)24-11-9-23(46)10-12-24/h1-13,17,19,27-29,32-33,51H,14-16,18H2,(H,47,48). The Hall–Kier alpha value is -4.51. The Balaban J connectivity index is 1.32. The van der Waals surface area contributed by atoms with Crippen molar-refractivity contribution in [2.24, 2.45) is 23.7 Å². The minimum Gasteiger partial charge on any atom is -0.491 e. The number of ether oxygens (including phenoxy) is 1. The van der Waals surface area contributed by atoms with Crippen molar-refractivity contribution in [3.8, 4) is 5.75 Å². The second-order valence-corrected chi connectivity index (χ2v) is 16.1. The van der Waals surface area contributed by atoms with Crippen LogP contribution in [-0.4, -0.2) is 51.9 Å². The number of aliphatic hydroxyl groups is 1. The highest BCUT2D eigenvalue weighted by Gasteiger charge is 2.70. The van der Waals surface area contributed by atoms with E-state index in [9.17, 15) is 32.7 Å². The van der Waals surface area contributed by atoms with Crippen LogP contribution in [0.5, 0.6) is 5.75 Å². The number of aromatic nitrogens is 1. The van der Waals surface area contributed by atoms with E-state index in [0.29, 0.717) is 45.4 Å². The molecule has 6 unspecified atom stereocenters. The minimum absolute atomic E-state index is 0.0394. The molecule has 10 nitrogen and oxygen atoms in total. The number of alkyl halides is 3. The number of fused-ring (bicyclic) bond motifs is 4. The van der Waals surface area contributed by atoms with E-state index in [1.807, 2.05) is 6.08 Å². The summed E-state index contributed by atoms with van der Waals surface area (Å²) in [5.74, 6) is -6.84. The Morgan fingerprint density at radius 3 is 2.34 bits per heavy atom. The Morgan fingerprint density at radius 1 is 0.946 bits per heavy atom. The highest BCUT2D eigenvalue weighted by atomic mass is 127. The van der Waals surface area contributed by atoms with Crippen molar-refractivity contribution in [1.82, 2.24) is 9.99 Å². The van der Waals surface area contributed by atoms with Gasteiger partial charge < -0.3 is 9.84 Å². The lowest BCUT2D eigenvalue weighted by molar-refractivity contribution is -0.139. The fourth-order valence-corrected chi connectivity index (χ4v) is 9.67. The van der Waals surface area contributed by atoms with Gasteiger partial charge >= 0.3 is 6.18 Å². The van der Waals surface area contributed by atoms with Crippen LogP contribution in [0.3, 0.4) is 0 Å². The molecule has 4 aliphatic rings. The summed E-state index contributed by atoms with van der Waals surface area (Å²) in [6.07, 6.45) is -2.19. The lowest BCUT2D eigenvalue weighted by Gasteiger charge is -2.50. The largest absolute Gasteiger partial charge is 0.491 e. The second kappa shape index (κ2) is 14.5. The van der Waals surface area contributed by atoms with Crippen molar-refractivity contribution < 1.29 is 42.2 Å². The number of hydrogen-bond acceptors (Lipinski definition) is 8. The predicted molar refractivity (Wildman–Crippen MR) is 208 cm³/mol. The van der Waals surface area contributed by atoms with Crippen LogP contribution >= 0.6 is 45.8 Å². The van der Waals surface area contributed by atoms with Crippen LogP contribution in [0.4, 0.5) is 24.7 Å². The van der Waals surface area contributed by atoms with Crippen LogP contribution in [0.2, 0.25) is 10.0 Å². The molecule has 2 aliphatic heterocycles. The third-order valence-electron chi connectivity index (χ3n) is 11.2. The SMILES string of the molecule is O=C1C2CC3C(=CCC4C(=O)N(c5ccc(I)cc5)C(=O)C43)C(c3ccccc3OCCO)C2(c2ccc(Cl)cc2)C(=O)N1Nc1ncc(C(F)(F)F)cc1Cl. The normalized spacial score (nSPS) is 25.8. The van der Waals surface area contributed by atoms with Gasteiger partial charge in [0.1, 0.15) is 12.4 Å². The van der Waals surface area contributed by atoms with Crippen LogP contribution in [0.25, 0.3) is 0 Å². The van der Waals surface area contributed by atoms with E-state index in [2.05, 4.69) is 33.0 Å². The van der Waals surface area contributed by atoms with E-state index in [-0.39, 0.29) is 37.8 Å². The number of halogens is 6. The first-order chi connectivity index (χ1) is 26.8. The van der Waals surface area contributed by atoms with E-state index in [4.69, 9.17) is 27.9 Å². The maximum absolute atomic E-state index is 15.4. The fourth-order valence-electron chi connectivity index (χ4n) is 8.98. The zero-order chi connectivity index (χ0) is 39.7. The molecule has 3 heterocycles. The summed E-state index contributed by atoms with van der Waals surface area (Å²) >= 11 is 14.8. The smallest absolute Gasteiger partial charge is 0.417 e. The number of benzene rings is 3. The topological polar surface area (TPSA) is 129 Å². The molecule has 2 aliphatic carbocycles. The first kappa shape index (κ1) is 38.4. The number of carbonyl (C=O) groups excluding carboxylic acids is 4. The zero-order valence-corrected chi connectivity index (χ0v) is 32.6. The van der Waals surface area contributed by atoms with Gasteiger partial charge in [-0.15, -0.1) is 0 Å². The molecule has 2 N–H and O–H groups in total. The number of para-hydroxylation sites is 1. The van der Waals surface area contributed by atoms with Crippen LogP contribution in [0.15, 0.2) is 96.7 Å². The summed E-state index contributed by atoms with van der Waals surface area (Å²) in [7, 11) is 0. The van der Waals surface area contributed by atoms with Gasteiger partial charge in [0.15, 0.2) is 5.82 Å². The molecule has 6 atom stereocenters. The van der Waals surface area contributed by atoms with Gasteiger partial charge in [-0.05, 0) is 95.4 Å². The number of anilines is 2. The fraction of sp³-hybridized carbons (Fsp3) is 0.275. The molecular formula is C40H30Cl2F3IN4O6. The van der Waals surface area contributed by atoms with Crippen LogP contribution in [-0.2, 0) is 30.8 Å². The van der Waals surface area contributed by atoms with Crippen molar-refractivity contribution in [3.05, 3.63) is 127 Å². The molecule has 2 saturated heterocycles. The Morgan fingerprint density at radius 2 is 1.66 bits per heavy atom. The molecule has 0 bridgehead atoms. The summed E-state index contributed by atoms with van der Waals surface area (Å²) in [4.78, 5) is 64.0. The summed E-state index contributed by atoms with van der Waals surface area (Å²) < 4.78 is 47.5. The highest BCUT2D eigenvalue weighted by Crippen LogP contribution is 2.65. The van der Waals surface area contributed by atoms with E-state index in [1.165, 1.54) is 4.90 Å². The van der Waals surface area contributed by atoms with Crippen molar-refractivity contribution >= 4 is 80.9 Å². The minimum atomic E-state index is -4.75. The number of aliphatic hydroxyl groups excluding tert-OH is 1. The second-order valence-electron chi connectivity index (χ2n) is 14.0. The van der Waals surface area contributed by atoms with Crippen molar-refractivity contribution in [2.45, 2.75) is 30.4 Å². The quantitative estimate of drug-likeness (QED) is 0.105. The number of imide groups is 2. The molecule has 0 spiro atoms. The molecule has 3 aromatic carbocycles. The molecule has 1 aromatic heterocycles. The molecule has 4 aromatic rings. The summed E-state index contributed by atoms with van der Waals surface area (Å²) in [5.41, 5.74) is 1.71. The predicted octanol–water partition coefficient (Wildman–Crippen LogP) is 7.57. The van der Waals surface area contributed by atoms with Gasteiger partial charge in [-0.3, -0.25) is 29.5 Å². The van der Waals surface area contributed by atoms with E-state index < -0.39 is 69.5 Å². The molecule has 0 radical (unpaired) electrons. The van der Waals surface area contributed by atoms with Gasteiger partial charge in [0.25, 0.3) is 11.8 Å². The molecule has 4 amide bonds. The molecule has 288 valence electrons. The van der Waals surface area contributed by atoms with E-state index in [1.54, 1.807) is 72.8 Å². The number of amides is 4. The number of allylic oxidation sites excluding steroid dienone is 2. The van der Waals surface area contributed by atoms with Crippen LogP contribution < -0.4 is 15.1 Å². The van der Waals surface area contributed by atoms with Crippen LogP contribution in [0.1, 0.15) is 35.4 Å². The third-order valence-corrected chi connectivity index (χ3v) is 12.5. The lowest BCUT2D eigenvalue weighted by Crippen LogP contribution is -2.53. The summed E-state index contributed by atoms with van der Waals surface area (Å²) in [6.45, 7) is -0.412. The number of nitrogens with one attached hydrogen (secondary N) is 1. The van der Waals surface area contributed by atoms with Gasteiger partial charge in [-0.1, -0.05) is 65.2 Å². The molecule has 3 fully saturated rings. The molecule has 56 heavy (non-hydrogen) atoms. The average molecular weight is 918 g/mol.